The summed E-state index contributed by atoms with van der Waals surface area (Å²) >= 11 is 0. The molecule has 0 bridgehead atoms. The molecule has 2 aromatic rings. The first-order valence-electron chi connectivity index (χ1n) is 10.0. The Labute approximate surface area is 165 Å². The van der Waals surface area contributed by atoms with E-state index in [-0.39, 0.29) is 17.8 Å². The first-order chi connectivity index (χ1) is 13.5. The standard InChI is InChI=1S/C22H27FN4O/c1-16-6-3-4-13-26(16)15-22(28)27-21(20-7-5-12-25(20)2)14-19(24-27)17-8-10-18(23)11-9-17/h5,7-12,16,21H,3-4,6,13-15H2,1-2H3. The second-order valence-corrected chi connectivity index (χ2v) is 7.87. The Morgan fingerprint density at radius 2 is 2.00 bits per heavy atom. The fraction of sp³-hybridized carbons (Fsp3) is 0.455. The summed E-state index contributed by atoms with van der Waals surface area (Å²) < 4.78 is 15.4. The molecule has 1 saturated heterocycles. The van der Waals surface area contributed by atoms with Crippen molar-refractivity contribution in [2.75, 3.05) is 13.1 Å². The largest absolute Gasteiger partial charge is 0.353 e. The van der Waals surface area contributed by atoms with Gasteiger partial charge in [0.25, 0.3) is 5.91 Å². The predicted octanol–water partition coefficient (Wildman–Crippen LogP) is 3.72. The van der Waals surface area contributed by atoms with Gasteiger partial charge in [0.2, 0.25) is 0 Å². The van der Waals surface area contributed by atoms with E-state index >= 15 is 0 Å². The van der Waals surface area contributed by atoms with Gasteiger partial charge in [0.15, 0.2) is 0 Å². The zero-order valence-electron chi connectivity index (χ0n) is 16.5. The zero-order chi connectivity index (χ0) is 19.7. The Morgan fingerprint density at radius 1 is 1.21 bits per heavy atom. The molecule has 2 aliphatic rings. The van der Waals surface area contributed by atoms with Crippen LogP contribution in [0.5, 0.6) is 0 Å². The molecule has 148 valence electrons. The number of aromatic nitrogens is 1. The van der Waals surface area contributed by atoms with Crippen LogP contribution in [0.15, 0.2) is 47.7 Å². The number of likely N-dealkylation sites (tertiary alicyclic amines) is 1. The number of carbonyl (C=O) groups is 1. The molecule has 0 radical (unpaired) electrons. The van der Waals surface area contributed by atoms with E-state index in [4.69, 9.17) is 5.10 Å². The van der Waals surface area contributed by atoms with Crippen molar-refractivity contribution in [3.63, 3.8) is 0 Å². The average Bonchev–Trinajstić information content (AvgIpc) is 3.30. The van der Waals surface area contributed by atoms with E-state index in [1.807, 2.05) is 29.9 Å². The number of hydrogen-bond acceptors (Lipinski definition) is 3. The minimum absolute atomic E-state index is 0.0251. The van der Waals surface area contributed by atoms with Crippen LogP contribution in [0.25, 0.3) is 0 Å². The van der Waals surface area contributed by atoms with E-state index in [0.717, 1.165) is 36.4 Å². The number of piperidine rings is 1. The molecule has 1 aromatic heterocycles. The average molecular weight is 382 g/mol. The van der Waals surface area contributed by atoms with Crippen LogP contribution in [0, 0.1) is 5.82 Å². The number of rotatable bonds is 4. The molecular formula is C22H27FN4O. The molecule has 0 saturated carbocycles. The maximum Gasteiger partial charge on any atom is 0.257 e. The van der Waals surface area contributed by atoms with Crippen molar-refractivity contribution >= 4 is 11.6 Å². The first kappa shape index (κ1) is 18.9. The minimum atomic E-state index is -0.270. The van der Waals surface area contributed by atoms with Crippen molar-refractivity contribution < 1.29 is 9.18 Å². The van der Waals surface area contributed by atoms with Crippen LogP contribution in [0.1, 0.15) is 49.9 Å². The molecule has 0 aliphatic carbocycles. The van der Waals surface area contributed by atoms with Gasteiger partial charge in [-0.25, -0.2) is 9.40 Å². The van der Waals surface area contributed by atoms with Gasteiger partial charge >= 0.3 is 0 Å². The van der Waals surface area contributed by atoms with Crippen LogP contribution in [0.3, 0.4) is 0 Å². The van der Waals surface area contributed by atoms with Gasteiger partial charge in [-0.3, -0.25) is 9.69 Å². The lowest BCUT2D eigenvalue weighted by Crippen LogP contribution is -2.44. The summed E-state index contributed by atoms with van der Waals surface area (Å²) in [6, 6.07) is 10.7. The Morgan fingerprint density at radius 3 is 2.68 bits per heavy atom. The van der Waals surface area contributed by atoms with Crippen molar-refractivity contribution in [1.29, 1.82) is 0 Å². The summed E-state index contributed by atoms with van der Waals surface area (Å²) in [5, 5.41) is 6.34. The highest BCUT2D eigenvalue weighted by molar-refractivity contribution is 6.03. The number of carbonyl (C=O) groups excluding carboxylic acids is 1. The van der Waals surface area contributed by atoms with Gasteiger partial charge in [0, 0.05) is 31.4 Å². The van der Waals surface area contributed by atoms with Crippen molar-refractivity contribution in [2.24, 2.45) is 12.1 Å². The highest BCUT2D eigenvalue weighted by atomic mass is 19.1. The van der Waals surface area contributed by atoms with E-state index < -0.39 is 0 Å². The highest BCUT2D eigenvalue weighted by Crippen LogP contribution is 2.33. The van der Waals surface area contributed by atoms with E-state index in [0.29, 0.717) is 19.0 Å². The number of hydrazone groups is 1. The summed E-state index contributed by atoms with van der Waals surface area (Å²) in [5.74, 6) is -0.245. The highest BCUT2D eigenvalue weighted by Gasteiger charge is 2.35. The van der Waals surface area contributed by atoms with Crippen molar-refractivity contribution in [1.82, 2.24) is 14.5 Å². The fourth-order valence-electron chi connectivity index (χ4n) is 4.25. The van der Waals surface area contributed by atoms with Crippen LogP contribution < -0.4 is 0 Å². The number of aryl methyl sites for hydroxylation is 1. The third kappa shape index (κ3) is 3.74. The van der Waals surface area contributed by atoms with E-state index in [1.54, 1.807) is 17.1 Å². The third-order valence-corrected chi connectivity index (χ3v) is 5.95. The number of halogens is 1. The maximum atomic E-state index is 13.3. The first-order valence-corrected chi connectivity index (χ1v) is 10.0. The Hall–Kier alpha value is -2.47. The van der Waals surface area contributed by atoms with Gasteiger partial charge in [-0.15, -0.1) is 0 Å². The van der Waals surface area contributed by atoms with Crippen LogP contribution >= 0.6 is 0 Å². The summed E-state index contributed by atoms with van der Waals surface area (Å²) in [6.45, 7) is 3.55. The molecule has 3 heterocycles. The lowest BCUT2D eigenvalue weighted by Gasteiger charge is -2.34. The summed E-state index contributed by atoms with van der Waals surface area (Å²) in [6.07, 6.45) is 6.13. The maximum absolute atomic E-state index is 13.3. The lowest BCUT2D eigenvalue weighted by molar-refractivity contribution is -0.135. The molecule has 2 aliphatic heterocycles. The Bertz CT molecular complexity index is 873. The molecule has 2 unspecified atom stereocenters. The third-order valence-electron chi connectivity index (χ3n) is 5.95. The summed E-state index contributed by atoms with van der Waals surface area (Å²) in [7, 11) is 1.99. The second-order valence-electron chi connectivity index (χ2n) is 7.87. The van der Waals surface area contributed by atoms with Crippen LogP contribution in [0.2, 0.25) is 0 Å². The smallest absolute Gasteiger partial charge is 0.257 e. The predicted molar refractivity (Wildman–Crippen MR) is 107 cm³/mol. The van der Waals surface area contributed by atoms with Crippen molar-refractivity contribution in [3.8, 4) is 0 Å². The molecule has 4 rings (SSSR count). The Balaban J connectivity index is 1.60. The molecule has 0 spiro atoms. The molecule has 2 atom stereocenters. The van der Waals surface area contributed by atoms with Crippen LogP contribution in [-0.4, -0.2) is 45.2 Å². The molecule has 28 heavy (non-hydrogen) atoms. The molecule has 1 aromatic carbocycles. The molecule has 5 nitrogen and oxygen atoms in total. The van der Waals surface area contributed by atoms with Crippen LogP contribution in [-0.2, 0) is 11.8 Å². The monoisotopic (exact) mass is 382 g/mol. The van der Waals surface area contributed by atoms with E-state index in [9.17, 15) is 9.18 Å². The number of nitrogens with zero attached hydrogens (tertiary/aromatic N) is 4. The molecule has 6 heteroatoms. The quantitative estimate of drug-likeness (QED) is 0.809. The number of hydrogen-bond donors (Lipinski definition) is 0. The summed E-state index contributed by atoms with van der Waals surface area (Å²) in [5.41, 5.74) is 2.74. The Kier molecular flexibility index (Phi) is 5.31. The number of benzene rings is 1. The SMILES string of the molecule is CC1CCCCN1CC(=O)N1N=C(c2ccc(F)cc2)CC1c1cccn1C. The number of amides is 1. The van der Waals surface area contributed by atoms with Gasteiger partial charge in [-0.1, -0.05) is 18.6 Å². The minimum Gasteiger partial charge on any atom is -0.353 e. The molecular weight excluding hydrogens is 355 g/mol. The van der Waals surface area contributed by atoms with Gasteiger partial charge < -0.3 is 4.57 Å². The van der Waals surface area contributed by atoms with Gasteiger partial charge in [-0.05, 0) is 56.1 Å². The molecule has 1 fully saturated rings. The molecule has 0 N–H and O–H groups in total. The summed E-state index contributed by atoms with van der Waals surface area (Å²) in [4.78, 5) is 15.5. The van der Waals surface area contributed by atoms with Crippen molar-refractivity contribution in [3.05, 3.63) is 59.7 Å². The lowest BCUT2D eigenvalue weighted by atomic mass is 10.0. The van der Waals surface area contributed by atoms with Crippen molar-refractivity contribution in [2.45, 2.75) is 44.7 Å². The molecule has 1 amide bonds. The topological polar surface area (TPSA) is 40.8 Å². The van der Waals surface area contributed by atoms with E-state index in [1.165, 1.54) is 18.6 Å². The van der Waals surface area contributed by atoms with Gasteiger partial charge in [0.05, 0.1) is 12.3 Å². The van der Waals surface area contributed by atoms with Gasteiger partial charge in [-0.2, -0.15) is 5.10 Å². The van der Waals surface area contributed by atoms with Crippen LogP contribution in [0.4, 0.5) is 4.39 Å². The normalized spacial score (nSPS) is 23.1. The fourth-order valence-corrected chi connectivity index (χ4v) is 4.25. The second kappa shape index (κ2) is 7.87. The van der Waals surface area contributed by atoms with E-state index in [2.05, 4.69) is 11.8 Å². The van der Waals surface area contributed by atoms with Gasteiger partial charge in [0.1, 0.15) is 11.9 Å². The zero-order valence-corrected chi connectivity index (χ0v) is 16.5.